The first-order chi connectivity index (χ1) is 11.7. The summed E-state index contributed by atoms with van der Waals surface area (Å²) in [4.78, 5) is 6.76. The summed E-state index contributed by atoms with van der Waals surface area (Å²) >= 11 is 0. The average Bonchev–Trinajstić information content (AvgIpc) is 3.29. The number of rotatable bonds is 5. The van der Waals surface area contributed by atoms with E-state index >= 15 is 0 Å². The van der Waals surface area contributed by atoms with Gasteiger partial charge < -0.3 is 15.0 Å². The molecule has 1 atom stereocenters. The van der Waals surface area contributed by atoms with Crippen molar-refractivity contribution in [2.45, 2.75) is 37.5 Å². The van der Waals surface area contributed by atoms with Gasteiger partial charge in [-0.2, -0.15) is 0 Å². The van der Waals surface area contributed by atoms with E-state index in [1.807, 2.05) is 7.05 Å². The Morgan fingerprint density at radius 3 is 2.60 bits per heavy atom. The molecule has 4 nitrogen and oxygen atoms in total. The summed E-state index contributed by atoms with van der Waals surface area (Å²) in [6.07, 6.45) is 6.34. The van der Waals surface area contributed by atoms with Crippen molar-refractivity contribution in [3.63, 3.8) is 0 Å². The number of nitrogens with one attached hydrogen (secondary N) is 1. The van der Waals surface area contributed by atoms with Crippen molar-refractivity contribution >= 4 is 29.9 Å². The molecule has 1 aromatic rings. The third-order valence-electron chi connectivity index (χ3n) is 5.66. The maximum Gasteiger partial charge on any atom is 0.193 e. The third-order valence-corrected chi connectivity index (χ3v) is 5.66. The van der Waals surface area contributed by atoms with Crippen LogP contribution in [-0.4, -0.2) is 51.3 Å². The van der Waals surface area contributed by atoms with Crippen LogP contribution in [0.4, 0.5) is 0 Å². The first-order valence-corrected chi connectivity index (χ1v) is 9.28. The predicted molar refractivity (Wildman–Crippen MR) is 115 cm³/mol. The molecule has 140 valence electrons. The van der Waals surface area contributed by atoms with Gasteiger partial charge >= 0.3 is 0 Å². The normalized spacial score (nSPS) is 22.5. The molecule has 1 aliphatic carbocycles. The lowest BCUT2D eigenvalue weighted by molar-refractivity contribution is 0.181. The highest BCUT2D eigenvalue weighted by Gasteiger charge is 2.35. The Morgan fingerprint density at radius 2 is 2.00 bits per heavy atom. The molecule has 3 rings (SSSR count). The molecule has 0 amide bonds. The van der Waals surface area contributed by atoms with Crippen LogP contribution >= 0.6 is 24.0 Å². The molecular weight excluding hydrogens is 425 g/mol. The van der Waals surface area contributed by atoms with Gasteiger partial charge in [-0.3, -0.25) is 4.99 Å². The Morgan fingerprint density at radius 1 is 1.28 bits per heavy atom. The number of aliphatic imine (C=N–C) groups is 1. The fourth-order valence-electron chi connectivity index (χ4n) is 4.25. The maximum atomic E-state index is 5.50. The highest BCUT2D eigenvalue weighted by molar-refractivity contribution is 14.0. The lowest BCUT2D eigenvalue weighted by Crippen LogP contribution is -2.46. The molecule has 1 heterocycles. The van der Waals surface area contributed by atoms with Crippen LogP contribution in [0.3, 0.4) is 0 Å². The molecule has 5 heteroatoms. The number of ether oxygens (including phenoxy) is 1. The van der Waals surface area contributed by atoms with Gasteiger partial charge in [0.1, 0.15) is 0 Å². The molecule has 25 heavy (non-hydrogen) atoms. The van der Waals surface area contributed by atoms with Gasteiger partial charge in [-0.05, 0) is 24.8 Å². The highest BCUT2D eigenvalue weighted by Crippen LogP contribution is 2.40. The molecule has 0 bridgehead atoms. The van der Waals surface area contributed by atoms with Crippen LogP contribution in [0.2, 0.25) is 0 Å². The molecule has 2 fully saturated rings. The predicted octanol–water partition coefficient (Wildman–Crippen LogP) is 3.66. The minimum atomic E-state index is 0. The zero-order valence-corrected chi connectivity index (χ0v) is 17.9. The standard InChI is InChI=1S/C20H31N3O.HI/c1-21-19(23(2)14-17-10-13-24-15-17)22-16-20(11-6-7-12-20)18-8-4-3-5-9-18;/h3-5,8-9,17H,6-7,10-16H2,1-2H3,(H,21,22);1H. The smallest absolute Gasteiger partial charge is 0.193 e. The Labute approximate surface area is 169 Å². The number of halogens is 1. The second kappa shape index (κ2) is 9.76. The van der Waals surface area contributed by atoms with E-state index < -0.39 is 0 Å². The molecule has 1 aliphatic heterocycles. The fraction of sp³-hybridized carbons (Fsp3) is 0.650. The summed E-state index contributed by atoms with van der Waals surface area (Å²) in [6, 6.07) is 11.0. The van der Waals surface area contributed by atoms with Gasteiger partial charge in [-0.25, -0.2) is 0 Å². The summed E-state index contributed by atoms with van der Waals surface area (Å²) in [6.45, 7) is 3.77. The van der Waals surface area contributed by atoms with Crippen LogP contribution < -0.4 is 5.32 Å². The third kappa shape index (κ3) is 5.09. The van der Waals surface area contributed by atoms with Crippen molar-refractivity contribution in [3.8, 4) is 0 Å². The number of benzene rings is 1. The quantitative estimate of drug-likeness (QED) is 0.417. The minimum Gasteiger partial charge on any atom is -0.381 e. The van der Waals surface area contributed by atoms with Crippen molar-refractivity contribution in [2.75, 3.05) is 40.4 Å². The van der Waals surface area contributed by atoms with Gasteiger partial charge in [0.05, 0.1) is 6.61 Å². The van der Waals surface area contributed by atoms with Crippen molar-refractivity contribution in [1.82, 2.24) is 10.2 Å². The fourth-order valence-corrected chi connectivity index (χ4v) is 4.25. The van der Waals surface area contributed by atoms with Gasteiger partial charge in [0.15, 0.2) is 5.96 Å². The lowest BCUT2D eigenvalue weighted by atomic mass is 9.79. The Bertz CT molecular complexity index is 537. The maximum absolute atomic E-state index is 5.50. The Balaban J connectivity index is 0.00000225. The van der Waals surface area contributed by atoms with Gasteiger partial charge in [0, 0.05) is 45.1 Å². The largest absolute Gasteiger partial charge is 0.381 e. The second-order valence-electron chi connectivity index (χ2n) is 7.36. The Kier molecular flexibility index (Phi) is 8.00. The van der Waals surface area contributed by atoms with Crippen LogP contribution in [0, 0.1) is 5.92 Å². The van der Waals surface area contributed by atoms with Crippen molar-refractivity contribution in [2.24, 2.45) is 10.9 Å². The summed E-state index contributed by atoms with van der Waals surface area (Å²) in [5, 5.41) is 3.66. The molecule has 0 aromatic heterocycles. The topological polar surface area (TPSA) is 36.9 Å². The molecular formula is C20H32IN3O. The van der Waals surface area contributed by atoms with Crippen LogP contribution in [0.15, 0.2) is 35.3 Å². The zero-order valence-electron chi connectivity index (χ0n) is 15.5. The van der Waals surface area contributed by atoms with Crippen LogP contribution in [0.25, 0.3) is 0 Å². The van der Waals surface area contributed by atoms with E-state index in [2.05, 4.69) is 52.6 Å². The van der Waals surface area contributed by atoms with Crippen LogP contribution in [-0.2, 0) is 10.2 Å². The second-order valence-corrected chi connectivity index (χ2v) is 7.36. The number of hydrogen-bond donors (Lipinski definition) is 1. The number of guanidine groups is 1. The zero-order chi connectivity index (χ0) is 16.8. The van der Waals surface area contributed by atoms with Crippen LogP contribution in [0.1, 0.15) is 37.7 Å². The van der Waals surface area contributed by atoms with E-state index in [1.54, 1.807) is 0 Å². The molecule has 0 radical (unpaired) electrons. The molecule has 1 saturated heterocycles. The van der Waals surface area contributed by atoms with Gasteiger partial charge in [0.2, 0.25) is 0 Å². The molecule has 1 saturated carbocycles. The summed E-state index contributed by atoms with van der Waals surface area (Å²) in [5.41, 5.74) is 1.73. The minimum absolute atomic E-state index is 0. The SMILES string of the molecule is CN=C(NCC1(c2ccccc2)CCCC1)N(C)CC1CCOC1.I. The number of hydrogen-bond acceptors (Lipinski definition) is 2. The van der Waals surface area contributed by atoms with E-state index in [9.17, 15) is 0 Å². The van der Waals surface area contributed by atoms with Gasteiger partial charge in [-0.15, -0.1) is 24.0 Å². The van der Waals surface area contributed by atoms with Crippen LogP contribution in [0.5, 0.6) is 0 Å². The molecule has 1 aromatic carbocycles. The van der Waals surface area contributed by atoms with E-state index in [0.717, 1.165) is 38.7 Å². The highest BCUT2D eigenvalue weighted by atomic mass is 127. The average molecular weight is 457 g/mol. The molecule has 1 N–H and O–H groups in total. The molecule has 1 unspecified atom stereocenters. The first-order valence-electron chi connectivity index (χ1n) is 9.28. The molecule has 2 aliphatic rings. The monoisotopic (exact) mass is 457 g/mol. The van der Waals surface area contributed by atoms with E-state index in [1.165, 1.54) is 31.2 Å². The van der Waals surface area contributed by atoms with Crippen molar-refractivity contribution in [1.29, 1.82) is 0 Å². The first kappa shape index (κ1) is 20.5. The summed E-state index contributed by atoms with van der Waals surface area (Å²) < 4.78 is 5.50. The van der Waals surface area contributed by atoms with Crippen molar-refractivity contribution in [3.05, 3.63) is 35.9 Å². The molecule has 0 spiro atoms. The summed E-state index contributed by atoms with van der Waals surface area (Å²) in [5.74, 6) is 1.63. The van der Waals surface area contributed by atoms with E-state index in [-0.39, 0.29) is 29.4 Å². The van der Waals surface area contributed by atoms with E-state index in [0.29, 0.717) is 5.92 Å². The van der Waals surface area contributed by atoms with E-state index in [4.69, 9.17) is 4.74 Å². The lowest BCUT2D eigenvalue weighted by Gasteiger charge is -2.33. The van der Waals surface area contributed by atoms with Gasteiger partial charge in [0.25, 0.3) is 0 Å². The van der Waals surface area contributed by atoms with Gasteiger partial charge in [-0.1, -0.05) is 43.2 Å². The Hall–Kier alpha value is -0.820. The number of nitrogens with zero attached hydrogens (tertiary/aromatic N) is 2. The summed E-state index contributed by atoms with van der Waals surface area (Å²) in [7, 11) is 4.02. The van der Waals surface area contributed by atoms with Crippen molar-refractivity contribution < 1.29 is 4.74 Å².